The van der Waals surface area contributed by atoms with Crippen LogP contribution < -0.4 is 0 Å². The third-order valence-corrected chi connectivity index (χ3v) is 5.78. The first-order valence-corrected chi connectivity index (χ1v) is 7.59. The average molecular weight is 292 g/mol. The molecule has 2 saturated carbocycles. The topological polar surface area (TPSA) is 76.0 Å². The zero-order valence-corrected chi connectivity index (χ0v) is 12.2. The maximum Gasteiger partial charge on any atom is 0.337 e. The lowest BCUT2D eigenvalue weighted by Crippen LogP contribution is -2.58. The minimum Gasteiger partial charge on any atom is -0.462 e. The van der Waals surface area contributed by atoms with Gasteiger partial charge in [-0.05, 0) is 20.3 Å². The van der Waals surface area contributed by atoms with Gasteiger partial charge in [-0.3, -0.25) is 0 Å². The lowest BCUT2D eigenvalue weighted by molar-refractivity contribution is -0.276. The number of hydrogen-bond acceptors (Lipinski definition) is 5. The largest absolute Gasteiger partial charge is 0.462 e. The first-order valence-electron chi connectivity index (χ1n) is 7.59. The van der Waals surface area contributed by atoms with Crippen molar-refractivity contribution in [1.82, 2.24) is 0 Å². The summed E-state index contributed by atoms with van der Waals surface area (Å²) in [7, 11) is 0. The normalized spacial score (nSPS) is 52.8. The first kappa shape index (κ1) is 13.5. The highest BCUT2D eigenvalue weighted by atomic mass is 16.6. The fraction of sp³-hybridized carbons (Fsp3) is 0.688. The molecule has 2 N–H and O–H groups in total. The molecule has 5 heteroatoms. The Morgan fingerprint density at radius 1 is 1.48 bits per heavy atom. The van der Waals surface area contributed by atoms with E-state index in [1.165, 1.54) is 0 Å². The summed E-state index contributed by atoms with van der Waals surface area (Å²) < 4.78 is 10.9. The van der Waals surface area contributed by atoms with Crippen LogP contribution in [0.2, 0.25) is 0 Å². The Hall–Kier alpha value is -1.17. The van der Waals surface area contributed by atoms with Crippen LogP contribution in [0.25, 0.3) is 0 Å². The number of carbonyl (C=O) groups excluding carboxylic acids is 1. The smallest absolute Gasteiger partial charge is 0.337 e. The van der Waals surface area contributed by atoms with Gasteiger partial charge in [-0.2, -0.15) is 0 Å². The monoisotopic (exact) mass is 292 g/mol. The summed E-state index contributed by atoms with van der Waals surface area (Å²) in [4.78, 5) is 12.0. The molecule has 0 unspecified atom stereocenters. The predicted molar refractivity (Wildman–Crippen MR) is 72.9 cm³/mol. The Morgan fingerprint density at radius 3 is 2.95 bits per heavy atom. The lowest BCUT2D eigenvalue weighted by Gasteiger charge is -2.49. The Morgan fingerprint density at radius 2 is 2.24 bits per heavy atom. The number of aliphatic hydroxyl groups is 2. The molecule has 6 bridgehead atoms. The van der Waals surface area contributed by atoms with E-state index < -0.39 is 17.4 Å². The minimum absolute atomic E-state index is 0.0909. The molecule has 7 atom stereocenters. The van der Waals surface area contributed by atoms with Crippen LogP contribution in [0.1, 0.15) is 20.3 Å². The summed E-state index contributed by atoms with van der Waals surface area (Å²) in [5.41, 5.74) is -0.443. The van der Waals surface area contributed by atoms with Gasteiger partial charge in [0.05, 0.1) is 23.9 Å². The molecule has 5 aliphatic rings. The van der Waals surface area contributed by atoms with Crippen molar-refractivity contribution in [3.8, 4) is 0 Å². The second-order valence-electron chi connectivity index (χ2n) is 6.76. The van der Waals surface area contributed by atoms with Crippen LogP contribution in [0.5, 0.6) is 0 Å². The van der Waals surface area contributed by atoms with Gasteiger partial charge in [-0.25, -0.2) is 4.79 Å². The van der Waals surface area contributed by atoms with Gasteiger partial charge in [0.15, 0.2) is 5.79 Å². The Labute approximate surface area is 123 Å². The molecule has 0 aromatic rings. The molecule has 0 spiro atoms. The Balaban J connectivity index is 1.81. The number of esters is 1. The average Bonchev–Trinajstić information content (AvgIpc) is 2.72. The molecule has 0 amide bonds. The van der Waals surface area contributed by atoms with E-state index in [0.717, 1.165) is 6.42 Å². The second-order valence-corrected chi connectivity index (χ2v) is 6.76. The minimum atomic E-state index is -1.30. The highest BCUT2D eigenvalue weighted by Gasteiger charge is 2.74. The number of hydrogen-bond donors (Lipinski definition) is 2. The summed E-state index contributed by atoms with van der Waals surface area (Å²) in [6.07, 6.45) is 5.87. The summed E-state index contributed by atoms with van der Waals surface area (Å²) in [6, 6.07) is 0. The molecule has 114 valence electrons. The van der Waals surface area contributed by atoms with Gasteiger partial charge in [-0.1, -0.05) is 18.2 Å². The number of rotatable bonds is 2. The zero-order chi connectivity index (χ0) is 15.0. The van der Waals surface area contributed by atoms with E-state index in [-0.39, 0.29) is 29.8 Å². The van der Waals surface area contributed by atoms with E-state index in [4.69, 9.17) is 9.47 Å². The molecule has 5 nitrogen and oxygen atoms in total. The third-order valence-electron chi connectivity index (χ3n) is 5.78. The predicted octanol–water partition coefficient (Wildman–Crippen LogP) is 0.766. The van der Waals surface area contributed by atoms with Crippen LogP contribution in [-0.2, 0) is 14.3 Å². The highest BCUT2D eigenvalue weighted by molar-refractivity contribution is 5.91. The molecular weight excluding hydrogens is 272 g/mol. The summed E-state index contributed by atoms with van der Waals surface area (Å²) in [5, 5.41) is 21.8. The molecule has 0 radical (unpaired) electrons. The van der Waals surface area contributed by atoms with Crippen molar-refractivity contribution in [3.63, 3.8) is 0 Å². The molecule has 2 heterocycles. The van der Waals surface area contributed by atoms with Crippen LogP contribution in [0.4, 0.5) is 0 Å². The molecule has 3 aliphatic carbocycles. The zero-order valence-electron chi connectivity index (χ0n) is 12.2. The van der Waals surface area contributed by atoms with Crippen molar-refractivity contribution < 1.29 is 24.5 Å². The highest BCUT2D eigenvalue weighted by Crippen LogP contribution is 2.66. The maximum atomic E-state index is 12.0. The maximum absolute atomic E-state index is 12.0. The van der Waals surface area contributed by atoms with Gasteiger partial charge in [0.25, 0.3) is 0 Å². The van der Waals surface area contributed by atoms with Crippen molar-refractivity contribution in [2.75, 3.05) is 6.61 Å². The van der Waals surface area contributed by atoms with Crippen LogP contribution >= 0.6 is 0 Å². The van der Waals surface area contributed by atoms with Gasteiger partial charge in [0, 0.05) is 23.7 Å². The van der Waals surface area contributed by atoms with E-state index in [1.54, 1.807) is 19.1 Å². The first-order chi connectivity index (χ1) is 9.89. The molecule has 2 saturated heterocycles. The standard InChI is InChI=1S/C16H20O5/c1-3-20-14(17)8-4-5-9-13-12-7-10(15(13,2)18)11(6-8)16(9,19)21-12/h4-6,9-13,18-19H,3,7H2,1-2H3/t9-,10+,11+,12+,13+,15+,16+/m0/s1. The molecular formula is C16H20O5. The van der Waals surface area contributed by atoms with Gasteiger partial charge in [-0.15, -0.1) is 0 Å². The molecule has 21 heavy (non-hydrogen) atoms. The van der Waals surface area contributed by atoms with Crippen LogP contribution in [0.15, 0.2) is 23.8 Å². The fourth-order valence-electron chi connectivity index (χ4n) is 4.95. The Bertz CT molecular complexity index is 563. The molecule has 4 fully saturated rings. The Kier molecular flexibility index (Phi) is 2.55. The molecule has 2 aliphatic heterocycles. The fourth-order valence-corrected chi connectivity index (χ4v) is 4.95. The van der Waals surface area contributed by atoms with E-state index in [0.29, 0.717) is 12.2 Å². The van der Waals surface area contributed by atoms with Crippen molar-refractivity contribution in [2.45, 2.75) is 37.8 Å². The summed E-state index contributed by atoms with van der Waals surface area (Å²) in [5.74, 6) is -2.57. The molecule has 0 aromatic heterocycles. The van der Waals surface area contributed by atoms with Crippen molar-refractivity contribution in [2.24, 2.45) is 23.7 Å². The third kappa shape index (κ3) is 1.49. The lowest BCUT2D eigenvalue weighted by atomic mass is 9.62. The van der Waals surface area contributed by atoms with E-state index in [2.05, 4.69) is 0 Å². The number of carbonyl (C=O) groups is 1. The summed E-state index contributed by atoms with van der Waals surface area (Å²) in [6.45, 7) is 3.90. The van der Waals surface area contributed by atoms with Gasteiger partial charge in [0.1, 0.15) is 0 Å². The van der Waals surface area contributed by atoms with E-state index in [1.807, 2.05) is 13.0 Å². The van der Waals surface area contributed by atoms with E-state index in [9.17, 15) is 15.0 Å². The van der Waals surface area contributed by atoms with Gasteiger partial charge >= 0.3 is 5.97 Å². The van der Waals surface area contributed by atoms with Crippen molar-refractivity contribution in [3.05, 3.63) is 23.8 Å². The van der Waals surface area contributed by atoms with Crippen molar-refractivity contribution in [1.29, 1.82) is 0 Å². The molecule has 0 aromatic carbocycles. The van der Waals surface area contributed by atoms with Crippen LogP contribution in [-0.4, -0.2) is 40.3 Å². The van der Waals surface area contributed by atoms with Crippen LogP contribution in [0, 0.1) is 23.7 Å². The molecule has 5 rings (SSSR count). The SMILES string of the molecule is CCOC(=O)C1=C[C@@H]2[C@H]3C[C@H]4O[C@]2(O)[C@@H](C=C1)[C@H]4[C@]3(C)O. The van der Waals surface area contributed by atoms with Gasteiger partial charge < -0.3 is 19.7 Å². The van der Waals surface area contributed by atoms with Gasteiger partial charge in [0.2, 0.25) is 0 Å². The van der Waals surface area contributed by atoms with E-state index >= 15 is 0 Å². The second kappa shape index (κ2) is 3.97. The number of ether oxygens (including phenoxy) is 2. The summed E-state index contributed by atoms with van der Waals surface area (Å²) >= 11 is 0. The van der Waals surface area contributed by atoms with Crippen molar-refractivity contribution >= 4 is 5.97 Å². The quantitative estimate of drug-likeness (QED) is 0.735. The van der Waals surface area contributed by atoms with Crippen LogP contribution in [0.3, 0.4) is 0 Å².